The molecule has 0 aromatic carbocycles. The normalized spacial score (nSPS) is 21.3. The molecule has 2 aromatic rings. The SMILES string of the molecule is Clc1ccc(CN2CCCCC2c2ncn[nH]2)s1. The Kier molecular flexibility index (Phi) is 3.63. The average Bonchev–Trinajstić information content (AvgIpc) is 3.02. The van der Waals surface area contributed by atoms with Crippen LogP contribution in [0.15, 0.2) is 18.5 Å². The van der Waals surface area contributed by atoms with Gasteiger partial charge in [0, 0.05) is 11.4 Å². The van der Waals surface area contributed by atoms with E-state index in [-0.39, 0.29) is 0 Å². The van der Waals surface area contributed by atoms with Crippen LogP contribution in [0, 0.1) is 0 Å². The lowest BCUT2D eigenvalue weighted by atomic mass is 10.0. The molecule has 1 saturated heterocycles. The summed E-state index contributed by atoms with van der Waals surface area (Å²) in [6, 6.07) is 4.44. The average molecular weight is 283 g/mol. The standard InChI is InChI=1S/C12H15ClN4S/c13-11-5-4-9(18-11)7-17-6-2-1-3-10(17)12-14-8-15-16-12/h4-5,8,10H,1-3,6-7H2,(H,14,15,16). The second-order valence-electron chi connectivity index (χ2n) is 4.56. The van der Waals surface area contributed by atoms with Gasteiger partial charge in [-0.25, -0.2) is 4.98 Å². The van der Waals surface area contributed by atoms with Crippen LogP contribution in [0.25, 0.3) is 0 Å². The van der Waals surface area contributed by atoms with E-state index in [4.69, 9.17) is 11.6 Å². The second kappa shape index (κ2) is 5.38. The zero-order valence-corrected chi connectivity index (χ0v) is 11.5. The summed E-state index contributed by atoms with van der Waals surface area (Å²) in [4.78, 5) is 8.08. The second-order valence-corrected chi connectivity index (χ2v) is 6.36. The maximum Gasteiger partial charge on any atom is 0.141 e. The highest BCUT2D eigenvalue weighted by Gasteiger charge is 2.26. The van der Waals surface area contributed by atoms with Crippen molar-refractivity contribution in [1.82, 2.24) is 20.1 Å². The molecular formula is C12H15ClN4S. The minimum absolute atomic E-state index is 0.363. The third-order valence-electron chi connectivity index (χ3n) is 3.35. The number of likely N-dealkylation sites (tertiary alicyclic amines) is 1. The Labute approximate surface area is 115 Å². The monoisotopic (exact) mass is 282 g/mol. The van der Waals surface area contributed by atoms with E-state index in [0.717, 1.165) is 29.7 Å². The van der Waals surface area contributed by atoms with Crippen LogP contribution in [0.2, 0.25) is 4.34 Å². The largest absolute Gasteiger partial charge is 0.288 e. The Morgan fingerprint density at radius 1 is 1.44 bits per heavy atom. The first kappa shape index (κ1) is 12.1. The number of H-pyrrole nitrogens is 1. The number of aromatic amines is 1. The van der Waals surface area contributed by atoms with Gasteiger partial charge < -0.3 is 0 Å². The van der Waals surface area contributed by atoms with Gasteiger partial charge >= 0.3 is 0 Å². The number of aromatic nitrogens is 3. The molecule has 96 valence electrons. The van der Waals surface area contributed by atoms with Crippen LogP contribution in [0.3, 0.4) is 0 Å². The van der Waals surface area contributed by atoms with E-state index >= 15 is 0 Å². The number of piperidine rings is 1. The summed E-state index contributed by atoms with van der Waals surface area (Å²) in [7, 11) is 0. The molecule has 0 bridgehead atoms. The van der Waals surface area contributed by atoms with E-state index in [1.807, 2.05) is 6.07 Å². The predicted octanol–water partition coefficient (Wildman–Crippen LogP) is 3.25. The van der Waals surface area contributed by atoms with Crippen molar-refractivity contribution in [2.24, 2.45) is 0 Å². The predicted molar refractivity (Wildman–Crippen MR) is 72.7 cm³/mol. The van der Waals surface area contributed by atoms with Gasteiger partial charge in [0.05, 0.1) is 10.4 Å². The molecule has 3 rings (SSSR count). The molecule has 6 heteroatoms. The lowest BCUT2D eigenvalue weighted by Gasteiger charge is -2.33. The third kappa shape index (κ3) is 2.58. The molecule has 1 N–H and O–H groups in total. The highest BCUT2D eigenvalue weighted by molar-refractivity contribution is 7.16. The Morgan fingerprint density at radius 3 is 3.11 bits per heavy atom. The van der Waals surface area contributed by atoms with E-state index in [0.29, 0.717) is 6.04 Å². The maximum atomic E-state index is 5.99. The van der Waals surface area contributed by atoms with Crippen molar-refractivity contribution in [3.63, 3.8) is 0 Å². The zero-order valence-electron chi connectivity index (χ0n) is 9.97. The van der Waals surface area contributed by atoms with Crippen molar-refractivity contribution in [3.05, 3.63) is 33.5 Å². The van der Waals surface area contributed by atoms with E-state index in [1.54, 1.807) is 17.7 Å². The molecule has 1 aliphatic rings. The van der Waals surface area contributed by atoms with Gasteiger partial charge in [-0.3, -0.25) is 10.00 Å². The van der Waals surface area contributed by atoms with Gasteiger partial charge in [0.2, 0.25) is 0 Å². The minimum atomic E-state index is 0.363. The molecule has 2 aromatic heterocycles. The van der Waals surface area contributed by atoms with Crippen LogP contribution in [-0.2, 0) is 6.54 Å². The zero-order chi connectivity index (χ0) is 12.4. The summed E-state index contributed by atoms with van der Waals surface area (Å²) >= 11 is 7.64. The molecule has 0 amide bonds. The molecule has 1 atom stereocenters. The number of rotatable bonds is 3. The first-order valence-corrected chi connectivity index (χ1v) is 7.36. The van der Waals surface area contributed by atoms with E-state index in [9.17, 15) is 0 Å². The number of halogens is 1. The molecular weight excluding hydrogens is 268 g/mol. The number of hydrogen-bond acceptors (Lipinski definition) is 4. The van der Waals surface area contributed by atoms with E-state index in [2.05, 4.69) is 26.1 Å². The molecule has 0 radical (unpaired) electrons. The van der Waals surface area contributed by atoms with Gasteiger partial charge in [-0.05, 0) is 31.5 Å². The van der Waals surface area contributed by atoms with Crippen molar-refractivity contribution in [2.45, 2.75) is 31.8 Å². The van der Waals surface area contributed by atoms with E-state index in [1.165, 1.54) is 17.7 Å². The highest BCUT2D eigenvalue weighted by atomic mass is 35.5. The van der Waals surface area contributed by atoms with Crippen LogP contribution in [-0.4, -0.2) is 26.6 Å². The summed E-state index contributed by atoms with van der Waals surface area (Å²) in [5, 5.41) is 6.96. The van der Waals surface area contributed by atoms with Crippen LogP contribution in [0.1, 0.15) is 36.0 Å². The van der Waals surface area contributed by atoms with Crippen LogP contribution in [0.4, 0.5) is 0 Å². The maximum absolute atomic E-state index is 5.99. The Bertz CT molecular complexity index is 496. The molecule has 4 nitrogen and oxygen atoms in total. The Morgan fingerprint density at radius 2 is 2.39 bits per heavy atom. The molecule has 18 heavy (non-hydrogen) atoms. The molecule has 0 aliphatic carbocycles. The highest BCUT2D eigenvalue weighted by Crippen LogP contribution is 2.31. The third-order valence-corrected chi connectivity index (χ3v) is 4.57. The molecule has 1 aliphatic heterocycles. The van der Waals surface area contributed by atoms with Crippen LogP contribution < -0.4 is 0 Å². The Hall–Kier alpha value is -0.910. The molecule has 1 fully saturated rings. The molecule has 0 spiro atoms. The fraction of sp³-hybridized carbons (Fsp3) is 0.500. The van der Waals surface area contributed by atoms with Crippen molar-refractivity contribution < 1.29 is 0 Å². The minimum Gasteiger partial charge on any atom is -0.288 e. The van der Waals surface area contributed by atoms with E-state index < -0.39 is 0 Å². The smallest absolute Gasteiger partial charge is 0.141 e. The van der Waals surface area contributed by atoms with Crippen molar-refractivity contribution >= 4 is 22.9 Å². The molecule has 0 saturated carbocycles. The first-order valence-electron chi connectivity index (χ1n) is 6.16. The summed E-state index contributed by atoms with van der Waals surface area (Å²) in [6.45, 7) is 2.06. The lowest BCUT2D eigenvalue weighted by Crippen LogP contribution is -2.33. The quantitative estimate of drug-likeness (QED) is 0.940. The summed E-state index contributed by atoms with van der Waals surface area (Å²) in [5.74, 6) is 0.984. The Balaban J connectivity index is 1.76. The lowest BCUT2D eigenvalue weighted by molar-refractivity contribution is 0.135. The fourth-order valence-corrected chi connectivity index (χ4v) is 3.62. The number of nitrogens with one attached hydrogen (secondary N) is 1. The summed E-state index contributed by atoms with van der Waals surface area (Å²) < 4.78 is 0.859. The van der Waals surface area contributed by atoms with Crippen molar-refractivity contribution in [1.29, 1.82) is 0 Å². The number of thiophene rings is 1. The fourth-order valence-electron chi connectivity index (χ4n) is 2.50. The molecule has 3 heterocycles. The topological polar surface area (TPSA) is 44.8 Å². The van der Waals surface area contributed by atoms with Crippen LogP contribution >= 0.6 is 22.9 Å². The number of hydrogen-bond donors (Lipinski definition) is 1. The van der Waals surface area contributed by atoms with Gasteiger partial charge in [-0.1, -0.05) is 18.0 Å². The summed E-state index contributed by atoms with van der Waals surface area (Å²) in [6.07, 6.45) is 5.25. The van der Waals surface area contributed by atoms with Gasteiger partial charge in [-0.2, -0.15) is 5.10 Å². The van der Waals surface area contributed by atoms with Crippen molar-refractivity contribution in [2.75, 3.05) is 6.54 Å². The van der Waals surface area contributed by atoms with Gasteiger partial charge in [0.1, 0.15) is 12.2 Å². The van der Waals surface area contributed by atoms with Gasteiger partial charge in [-0.15, -0.1) is 11.3 Å². The van der Waals surface area contributed by atoms with Crippen LogP contribution in [0.5, 0.6) is 0 Å². The number of nitrogens with zero attached hydrogens (tertiary/aromatic N) is 3. The summed E-state index contributed by atoms with van der Waals surface area (Å²) in [5.41, 5.74) is 0. The van der Waals surface area contributed by atoms with Crippen molar-refractivity contribution in [3.8, 4) is 0 Å². The first-order chi connectivity index (χ1) is 8.83. The van der Waals surface area contributed by atoms with Gasteiger partial charge in [0.15, 0.2) is 0 Å². The van der Waals surface area contributed by atoms with Gasteiger partial charge in [0.25, 0.3) is 0 Å². The molecule has 1 unspecified atom stereocenters.